The van der Waals surface area contributed by atoms with Crippen molar-refractivity contribution in [3.8, 4) is 0 Å². The molecule has 1 fully saturated rings. The fraction of sp³-hybridized carbons (Fsp3) is 0.500. The number of rotatable bonds is 1. The van der Waals surface area contributed by atoms with Crippen LogP contribution in [0, 0.1) is 11.3 Å². The third-order valence-electron chi connectivity index (χ3n) is 3.80. The van der Waals surface area contributed by atoms with E-state index in [1.165, 1.54) is 0 Å². The molecule has 0 amide bonds. The molecule has 1 saturated carbocycles. The molecule has 1 aliphatic heterocycles. The van der Waals surface area contributed by atoms with E-state index in [0.717, 1.165) is 17.7 Å². The molecule has 3 rings (SSSR count). The molecule has 0 saturated heterocycles. The van der Waals surface area contributed by atoms with Gasteiger partial charge in [-0.15, -0.1) is 0 Å². The summed E-state index contributed by atoms with van der Waals surface area (Å²) >= 11 is 0. The fourth-order valence-corrected chi connectivity index (χ4v) is 3.04. The Morgan fingerprint density at radius 1 is 1.33 bits per heavy atom. The number of hydrazone groups is 1. The van der Waals surface area contributed by atoms with Crippen molar-refractivity contribution in [1.82, 2.24) is 10.4 Å². The highest BCUT2D eigenvalue weighted by Gasteiger charge is 2.46. The topological polar surface area (TPSA) is 54.4 Å². The first kappa shape index (κ1) is 11.4. The molecule has 2 aliphatic rings. The third-order valence-corrected chi connectivity index (χ3v) is 3.80. The summed E-state index contributed by atoms with van der Waals surface area (Å²) in [6, 6.07) is 3.98. The smallest absolute Gasteiger partial charge is 0.144 e. The summed E-state index contributed by atoms with van der Waals surface area (Å²) in [6.07, 6.45) is 5.10. The van der Waals surface area contributed by atoms with E-state index in [0.29, 0.717) is 12.2 Å². The maximum Gasteiger partial charge on any atom is 0.144 e. The quantitative estimate of drug-likeness (QED) is 0.817. The minimum atomic E-state index is -0.0829. The molecule has 0 aromatic carbocycles. The molecule has 1 aromatic rings. The van der Waals surface area contributed by atoms with Gasteiger partial charge in [-0.25, -0.2) is 0 Å². The number of carbonyl (C=O) groups excluding carboxylic acids is 1. The lowest BCUT2D eigenvalue weighted by atomic mass is 9.68. The molecule has 4 nitrogen and oxygen atoms in total. The minimum absolute atomic E-state index is 0.0778. The Labute approximate surface area is 107 Å². The highest BCUT2D eigenvalue weighted by atomic mass is 16.1. The van der Waals surface area contributed by atoms with Gasteiger partial charge in [0.1, 0.15) is 5.78 Å². The van der Waals surface area contributed by atoms with Crippen LogP contribution in [0.5, 0.6) is 0 Å². The molecule has 0 radical (unpaired) electrons. The van der Waals surface area contributed by atoms with Crippen LogP contribution in [0.1, 0.15) is 32.3 Å². The SMILES string of the molecule is CC1(C)CC(=O)[C@@H]2C(c3ccncc3)=NN[C@@H]2C1. The van der Waals surface area contributed by atoms with Crippen LogP contribution in [0.4, 0.5) is 0 Å². The van der Waals surface area contributed by atoms with Gasteiger partial charge >= 0.3 is 0 Å². The average molecular weight is 243 g/mol. The zero-order chi connectivity index (χ0) is 12.8. The van der Waals surface area contributed by atoms with Crippen LogP contribution in [0.15, 0.2) is 29.6 Å². The number of hydrogen-bond donors (Lipinski definition) is 1. The number of hydrogen-bond acceptors (Lipinski definition) is 4. The molecule has 1 N–H and O–H groups in total. The summed E-state index contributed by atoms with van der Waals surface area (Å²) in [6.45, 7) is 4.29. The van der Waals surface area contributed by atoms with Crippen LogP contribution < -0.4 is 5.43 Å². The molecule has 0 bridgehead atoms. The van der Waals surface area contributed by atoms with Crippen LogP contribution in [0.3, 0.4) is 0 Å². The van der Waals surface area contributed by atoms with Crippen LogP contribution in [0.25, 0.3) is 0 Å². The zero-order valence-electron chi connectivity index (χ0n) is 10.7. The van der Waals surface area contributed by atoms with Crippen LogP contribution in [-0.2, 0) is 4.79 Å². The summed E-state index contributed by atoms with van der Waals surface area (Å²) in [5, 5.41) is 4.38. The van der Waals surface area contributed by atoms with Crippen molar-refractivity contribution in [2.75, 3.05) is 0 Å². The number of aromatic nitrogens is 1. The van der Waals surface area contributed by atoms with E-state index < -0.39 is 0 Å². The molecule has 2 heterocycles. The molecular weight excluding hydrogens is 226 g/mol. The van der Waals surface area contributed by atoms with Crippen molar-refractivity contribution in [2.45, 2.75) is 32.7 Å². The van der Waals surface area contributed by atoms with Gasteiger partial charge in [0.25, 0.3) is 0 Å². The molecule has 0 unspecified atom stereocenters. The van der Waals surface area contributed by atoms with E-state index >= 15 is 0 Å². The van der Waals surface area contributed by atoms with Crippen molar-refractivity contribution in [3.05, 3.63) is 30.1 Å². The molecular formula is C14H17N3O. The number of ketones is 1. The molecule has 18 heavy (non-hydrogen) atoms. The highest BCUT2D eigenvalue weighted by molar-refractivity contribution is 6.15. The Bertz CT molecular complexity index is 507. The molecule has 4 heteroatoms. The lowest BCUT2D eigenvalue weighted by molar-refractivity contribution is -0.126. The second-order valence-corrected chi connectivity index (χ2v) is 5.96. The number of nitrogens with zero attached hydrogens (tertiary/aromatic N) is 2. The van der Waals surface area contributed by atoms with E-state index in [2.05, 4.69) is 29.4 Å². The number of nitrogens with one attached hydrogen (secondary N) is 1. The normalized spacial score (nSPS) is 29.4. The second kappa shape index (κ2) is 3.90. The van der Waals surface area contributed by atoms with E-state index in [4.69, 9.17) is 0 Å². The van der Waals surface area contributed by atoms with Gasteiger partial charge < -0.3 is 5.43 Å². The Morgan fingerprint density at radius 2 is 2.06 bits per heavy atom. The van der Waals surface area contributed by atoms with Crippen molar-refractivity contribution in [2.24, 2.45) is 16.4 Å². The van der Waals surface area contributed by atoms with Gasteiger partial charge in [-0.1, -0.05) is 13.8 Å². The fourth-order valence-electron chi connectivity index (χ4n) is 3.04. The number of fused-ring (bicyclic) bond motifs is 1. The lowest BCUT2D eigenvalue weighted by Gasteiger charge is -2.36. The van der Waals surface area contributed by atoms with Gasteiger partial charge in [0.15, 0.2) is 0 Å². The van der Waals surface area contributed by atoms with Crippen molar-refractivity contribution >= 4 is 11.5 Å². The lowest BCUT2D eigenvalue weighted by Crippen LogP contribution is -2.45. The van der Waals surface area contributed by atoms with E-state index in [-0.39, 0.29) is 17.4 Å². The predicted octanol–water partition coefficient (Wildman–Crippen LogP) is 1.76. The van der Waals surface area contributed by atoms with E-state index in [9.17, 15) is 4.79 Å². The number of carbonyl (C=O) groups is 1. The number of Topliss-reactive ketones (excluding diaryl/α,β-unsaturated/α-hetero) is 1. The van der Waals surface area contributed by atoms with Gasteiger partial charge in [-0.05, 0) is 24.0 Å². The van der Waals surface area contributed by atoms with Crippen LogP contribution in [0.2, 0.25) is 0 Å². The first-order valence-electron chi connectivity index (χ1n) is 6.33. The first-order valence-corrected chi connectivity index (χ1v) is 6.33. The van der Waals surface area contributed by atoms with Gasteiger partial charge in [-0.3, -0.25) is 9.78 Å². The second-order valence-electron chi connectivity index (χ2n) is 5.96. The summed E-state index contributed by atoms with van der Waals surface area (Å²) < 4.78 is 0. The Kier molecular flexibility index (Phi) is 2.47. The monoisotopic (exact) mass is 243 g/mol. The van der Waals surface area contributed by atoms with E-state index in [1.54, 1.807) is 12.4 Å². The van der Waals surface area contributed by atoms with Crippen LogP contribution in [-0.4, -0.2) is 22.5 Å². The van der Waals surface area contributed by atoms with Crippen molar-refractivity contribution in [1.29, 1.82) is 0 Å². The summed E-state index contributed by atoms with van der Waals surface area (Å²) in [4.78, 5) is 16.3. The van der Waals surface area contributed by atoms with Gasteiger partial charge in [-0.2, -0.15) is 5.10 Å². The standard InChI is InChI=1S/C14H17N3O/c1-14(2)7-10-12(11(18)8-14)13(17-16-10)9-3-5-15-6-4-9/h3-6,10,12,16H,7-8H2,1-2H3/t10-,12-/m1/s1. The highest BCUT2D eigenvalue weighted by Crippen LogP contribution is 2.39. The maximum atomic E-state index is 12.3. The average Bonchev–Trinajstić information content (AvgIpc) is 2.72. The molecule has 94 valence electrons. The number of pyridine rings is 1. The molecule has 0 spiro atoms. The summed E-state index contributed by atoms with van der Waals surface area (Å²) in [5.41, 5.74) is 5.09. The van der Waals surface area contributed by atoms with Gasteiger partial charge in [0, 0.05) is 24.4 Å². The Hall–Kier alpha value is -1.71. The van der Waals surface area contributed by atoms with Crippen molar-refractivity contribution in [3.63, 3.8) is 0 Å². The van der Waals surface area contributed by atoms with E-state index in [1.807, 2.05) is 12.1 Å². The first-order chi connectivity index (χ1) is 8.57. The zero-order valence-corrected chi connectivity index (χ0v) is 10.7. The molecule has 1 aromatic heterocycles. The Morgan fingerprint density at radius 3 is 2.78 bits per heavy atom. The predicted molar refractivity (Wildman–Crippen MR) is 69.2 cm³/mol. The summed E-state index contributed by atoms with van der Waals surface area (Å²) in [5.74, 6) is 0.220. The third kappa shape index (κ3) is 1.82. The molecule has 2 atom stereocenters. The van der Waals surface area contributed by atoms with Gasteiger partial charge in [0.05, 0.1) is 17.7 Å². The summed E-state index contributed by atoms with van der Waals surface area (Å²) in [7, 11) is 0. The van der Waals surface area contributed by atoms with Gasteiger partial charge in [0.2, 0.25) is 0 Å². The largest absolute Gasteiger partial charge is 0.306 e. The maximum absolute atomic E-state index is 12.3. The minimum Gasteiger partial charge on any atom is -0.306 e. The Balaban J connectivity index is 1.91. The van der Waals surface area contributed by atoms with Crippen molar-refractivity contribution < 1.29 is 4.79 Å². The van der Waals surface area contributed by atoms with Crippen LogP contribution >= 0.6 is 0 Å². The molecule has 1 aliphatic carbocycles.